The fourth-order valence-corrected chi connectivity index (χ4v) is 2.78. The number of benzene rings is 1. The topological polar surface area (TPSA) is 79.1 Å². The second-order valence-corrected chi connectivity index (χ2v) is 6.07. The van der Waals surface area contributed by atoms with Crippen molar-refractivity contribution in [1.82, 2.24) is 9.38 Å². The lowest BCUT2D eigenvalue weighted by Gasteiger charge is -2.12. The van der Waals surface area contributed by atoms with Gasteiger partial charge in [0.1, 0.15) is 12.3 Å². The molecule has 3 rings (SSSR count). The summed E-state index contributed by atoms with van der Waals surface area (Å²) in [6, 6.07) is 9.89. The minimum Gasteiger partial charge on any atom is -0.490 e. The molecule has 146 valence electrons. The Morgan fingerprint density at radius 3 is 2.57 bits per heavy atom. The van der Waals surface area contributed by atoms with Crippen LogP contribution in [-0.2, 0) is 11.3 Å². The summed E-state index contributed by atoms with van der Waals surface area (Å²) in [6.07, 6.45) is 1.66. The van der Waals surface area contributed by atoms with Crippen LogP contribution in [0.4, 0.5) is 0 Å². The highest BCUT2D eigenvalue weighted by molar-refractivity contribution is 5.90. The largest absolute Gasteiger partial charge is 0.490 e. The maximum Gasteiger partial charge on any atom is 0.338 e. The van der Waals surface area contributed by atoms with E-state index in [2.05, 4.69) is 4.98 Å². The van der Waals surface area contributed by atoms with Crippen molar-refractivity contribution in [3.8, 4) is 11.5 Å². The molecule has 0 fully saturated rings. The second kappa shape index (κ2) is 8.56. The van der Waals surface area contributed by atoms with E-state index in [0.29, 0.717) is 41.6 Å². The predicted octanol–water partition coefficient (Wildman–Crippen LogP) is 3.16. The van der Waals surface area contributed by atoms with Crippen LogP contribution in [0.1, 0.15) is 35.5 Å². The number of carbonyl (C=O) groups excluding carboxylic acids is 1. The molecule has 1 aromatic carbocycles. The Balaban J connectivity index is 1.79. The molecule has 0 saturated heterocycles. The molecule has 0 bridgehead atoms. The molecule has 7 heteroatoms. The third-order valence-electron chi connectivity index (χ3n) is 4.07. The number of esters is 1. The number of hydrogen-bond acceptors (Lipinski definition) is 6. The maximum absolute atomic E-state index is 12.4. The zero-order valence-corrected chi connectivity index (χ0v) is 16.1. The lowest BCUT2D eigenvalue weighted by molar-refractivity contribution is 0.0467. The lowest BCUT2D eigenvalue weighted by Crippen LogP contribution is -2.17. The molecule has 3 aromatic rings. The Kier molecular flexibility index (Phi) is 5.93. The SMILES string of the molecule is CCOc1ccc(C(=O)OCc2cc(=O)n3cccc(C)c3n2)cc1OCC. The van der Waals surface area contributed by atoms with Gasteiger partial charge in [-0.2, -0.15) is 0 Å². The summed E-state index contributed by atoms with van der Waals surface area (Å²) in [5.74, 6) is 0.521. The molecular weight excluding hydrogens is 360 g/mol. The van der Waals surface area contributed by atoms with Gasteiger partial charge in [-0.05, 0) is 50.6 Å². The van der Waals surface area contributed by atoms with E-state index in [0.717, 1.165) is 5.56 Å². The smallest absolute Gasteiger partial charge is 0.338 e. The molecule has 0 saturated carbocycles. The second-order valence-electron chi connectivity index (χ2n) is 6.07. The Hall–Kier alpha value is -3.35. The zero-order valence-electron chi connectivity index (χ0n) is 16.1. The minimum absolute atomic E-state index is 0.101. The third kappa shape index (κ3) is 4.14. The minimum atomic E-state index is -0.532. The standard InChI is InChI=1S/C21H22N2O5/c1-4-26-17-9-8-15(11-18(17)27-5-2)21(25)28-13-16-12-19(24)23-10-6-7-14(3)20(23)22-16/h6-12H,4-5,13H2,1-3H3. The molecule has 0 aliphatic heterocycles. The monoisotopic (exact) mass is 382 g/mol. The van der Waals surface area contributed by atoms with Crippen molar-refractivity contribution in [3.05, 3.63) is 69.8 Å². The summed E-state index contributed by atoms with van der Waals surface area (Å²) in [5, 5.41) is 0. The molecule has 2 heterocycles. The highest BCUT2D eigenvalue weighted by Gasteiger charge is 2.14. The number of fused-ring (bicyclic) bond motifs is 1. The average Bonchev–Trinajstić information content (AvgIpc) is 2.68. The highest BCUT2D eigenvalue weighted by Crippen LogP contribution is 2.28. The van der Waals surface area contributed by atoms with Gasteiger partial charge in [0.2, 0.25) is 0 Å². The van der Waals surface area contributed by atoms with Gasteiger partial charge in [0.05, 0.1) is 24.5 Å². The summed E-state index contributed by atoms with van der Waals surface area (Å²) in [7, 11) is 0. The van der Waals surface area contributed by atoms with Crippen molar-refractivity contribution >= 4 is 11.6 Å². The first-order valence-electron chi connectivity index (χ1n) is 9.08. The molecule has 0 radical (unpaired) electrons. The third-order valence-corrected chi connectivity index (χ3v) is 4.07. The van der Waals surface area contributed by atoms with Gasteiger partial charge < -0.3 is 14.2 Å². The first kappa shape index (κ1) is 19.4. The number of carbonyl (C=O) groups is 1. The Labute approximate surface area is 162 Å². The van der Waals surface area contributed by atoms with Gasteiger partial charge in [-0.3, -0.25) is 9.20 Å². The normalized spacial score (nSPS) is 10.7. The first-order valence-corrected chi connectivity index (χ1v) is 9.08. The van der Waals surface area contributed by atoms with Crippen molar-refractivity contribution in [1.29, 1.82) is 0 Å². The van der Waals surface area contributed by atoms with Gasteiger partial charge in [0.25, 0.3) is 5.56 Å². The quantitative estimate of drug-likeness (QED) is 0.584. The van der Waals surface area contributed by atoms with E-state index in [-0.39, 0.29) is 12.2 Å². The van der Waals surface area contributed by atoms with Crippen molar-refractivity contribution in [3.63, 3.8) is 0 Å². The van der Waals surface area contributed by atoms with Gasteiger partial charge in [-0.1, -0.05) is 6.07 Å². The average molecular weight is 382 g/mol. The number of aromatic nitrogens is 2. The molecule has 7 nitrogen and oxygen atoms in total. The lowest BCUT2D eigenvalue weighted by atomic mass is 10.2. The summed E-state index contributed by atoms with van der Waals surface area (Å²) >= 11 is 0. The van der Waals surface area contributed by atoms with E-state index in [4.69, 9.17) is 14.2 Å². The molecule has 0 spiro atoms. The van der Waals surface area contributed by atoms with Crippen molar-refractivity contribution in [2.24, 2.45) is 0 Å². The van der Waals surface area contributed by atoms with Crippen LogP contribution in [0, 0.1) is 6.92 Å². The predicted molar refractivity (Wildman–Crippen MR) is 104 cm³/mol. The fraction of sp³-hybridized carbons (Fsp3) is 0.286. The summed E-state index contributed by atoms with van der Waals surface area (Å²) in [6.45, 7) is 6.43. The fourth-order valence-electron chi connectivity index (χ4n) is 2.78. The van der Waals surface area contributed by atoms with Gasteiger partial charge in [-0.25, -0.2) is 9.78 Å². The molecule has 0 aliphatic carbocycles. The van der Waals surface area contributed by atoms with Crippen molar-refractivity contribution < 1.29 is 19.0 Å². The van der Waals surface area contributed by atoms with Gasteiger partial charge in [0, 0.05) is 12.3 Å². The number of rotatable bonds is 7. The number of ether oxygens (including phenoxy) is 3. The van der Waals surface area contributed by atoms with Crippen LogP contribution in [0.5, 0.6) is 11.5 Å². The van der Waals surface area contributed by atoms with Crippen LogP contribution in [0.15, 0.2) is 47.4 Å². The van der Waals surface area contributed by atoms with Crippen LogP contribution >= 0.6 is 0 Å². The molecule has 28 heavy (non-hydrogen) atoms. The summed E-state index contributed by atoms with van der Waals surface area (Å²) < 4.78 is 17.8. The number of hydrogen-bond donors (Lipinski definition) is 0. The van der Waals surface area contributed by atoms with Gasteiger partial charge in [-0.15, -0.1) is 0 Å². The van der Waals surface area contributed by atoms with Gasteiger partial charge >= 0.3 is 5.97 Å². The molecular formula is C21H22N2O5. The maximum atomic E-state index is 12.4. The van der Waals surface area contributed by atoms with Crippen LogP contribution in [0.25, 0.3) is 5.65 Å². The van der Waals surface area contributed by atoms with E-state index < -0.39 is 5.97 Å². The molecule has 0 atom stereocenters. The van der Waals surface area contributed by atoms with E-state index in [1.165, 1.54) is 10.5 Å². The first-order chi connectivity index (χ1) is 13.5. The van der Waals surface area contributed by atoms with E-state index in [1.807, 2.05) is 26.8 Å². The molecule has 0 unspecified atom stereocenters. The number of nitrogens with zero attached hydrogens (tertiary/aromatic N) is 2. The van der Waals surface area contributed by atoms with Crippen LogP contribution in [0.2, 0.25) is 0 Å². The van der Waals surface area contributed by atoms with Crippen molar-refractivity contribution in [2.45, 2.75) is 27.4 Å². The van der Waals surface area contributed by atoms with Crippen LogP contribution in [0.3, 0.4) is 0 Å². The number of pyridine rings is 1. The summed E-state index contributed by atoms with van der Waals surface area (Å²) in [4.78, 5) is 29.1. The molecule has 0 aliphatic rings. The number of aryl methyl sites for hydroxylation is 1. The van der Waals surface area contributed by atoms with E-state index in [9.17, 15) is 9.59 Å². The molecule has 0 amide bonds. The van der Waals surface area contributed by atoms with E-state index >= 15 is 0 Å². The van der Waals surface area contributed by atoms with Crippen LogP contribution in [-0.4, -0.2) is 28.6 Å². The zero-order chi connectivity index (χ0) is 20.1. The Morgan fingerprint density at radius 2 is 1.82 bits per heavy atom. The Morgan fingerprint density at radius 1 is 1.07 bits per heavy atom. The van der Waals surface area contributed by atoms with E-state index in [1.54, 1.807) is 30.5 Å². The highest BCUT2D eigenvalue weighted by atomic mass is 16.5. The molecule has 0 N–H and O–H groups in total. The summed E-state index contributed by atoms with van der Waals surface area (Å²) in [5.41, 5.74) is 1.91. The van der Waals surface area contributed by atoms with Crippen LogP contribution < -0.4 is 15.0 Å². The van der Waals surface area contributed by atoms with Gasteiger partial charge in [0.15, 0.2) is 11.5 Å². The molecule has 2 aromatic heterocycles. The van der Waals surface area contributed by atoms with Crippen molar-refractivity contribution in [2.75, 3.05) is 13.2 Å². The Bertz CT molecular complexity index is 1060.